The molecule has 1 aliphatic heterocycles. The summed E-state index contributed by atoms with van der Waals surface area (Å²) < 4.78 is 42.2. The zero-order valence-corrected chi connectivity index (χ0v) is 8.42. The van der Waals surface area contributed by atoms with Gasteiger partial charge in [-0.15, -0.1) is 0 Å². The highest BCUT2D eigenvalue weighted by Crippen LogP contribution is 2.37. The van der Waals surface area contributed by atoms with Crippen LogP contribution in [0.3, 0.4) is 0 Å². The van der Waals surface area contributed by atoms with Gasteiger partial charge in [0.2, 0.25) is 0 Å². The predicted molar refractivity (Wildman–Crippen MR) is 49.4 cm³/mol. The van der Waals surface area contributed by atoms with Crippen molar-refractivity contribution in [1.29, 1.82) is 0 Å². The molecule has 1 fully saturated rings. The third-order valence-electron chi connectivity index (χ3n) is 2.85. The van der Waals surface area contributed by atoms with Crippen LogP contribution < -0.4 is 11.1 Å². The van der Waals surface area contributed by atoms with Gasteiger partial charge in [-0.2, -0.15) is 13.2 Å². The molecule has 0 amide bonds. The molecule has 16 heavy (non-hydrogen) atoms. The van der Waals surface area contributed by atoms with Crippen LogP contribution in [0.4, 0.5) is 13.2 Å². The normalized spacial score (nSPS) is 26.2. The molecule has 1 aromatic heterocycles. The first-order chi connectivity index (χ1) is 7.54. The Labute approximate surface area is 90.0 Å². The van der Waals surface area contributed by atoms with Crippen molar-refractivity contribution in [3.63, 3.8) is 0 Å². The highest BCUT2D eigenvalue weighted by atomic mass is 19.4. The lowest BCUT2D eigenvalue weighted by Crippen LogP contribution is -2.25. The molecule has 0 radical (unpaired) electrons. The molecule has 0 aliphatic carbocycles. The van der Waals surface area contributed by atoms with Crippen molar-refractivity contribution in [3.8, 4) is 0 Å². The Hall–Kier alpha value is -1.08. The second-order valence-electron chi connectivity index (χ2n) is 3.83. The van der Waals surface area contributed by atoms with Crippen molar-refractivity contribution in [2.24, 2.45) is 11.7 Å². The van der Waals surface area contributed by atoms with Crippen LogP contribution in [0, 0.1) is 5.92 Å². The highest BCUT2D eigenvalue weighted by molar-refractivity contribution is 5.24. The minimum atomic E-state index is -4.48. The Bertz CT molecular complexity index is 363. The van der Waals surface area contributed by atoms with Crippen LogP contribution in [0.15, 0.2) is 10.8 Å². The summed E-state index contributed by atoms with van der Waals surface area (Å²) in [4.78, 5) is 0. The number of nitrogens with one attached hydrogen (secondary N) is 1. The van der Waals surface area contributed by atoms with Crippen molar-refractivity contribution in [2.75, 3.05) is 13.1 Å². The van der Waals surface area contributed by atoms with E-state index in [4.69, 9.17) is 5.73 Å². The molecule has 1 saturated heterocycles. The maximum absolute atomic E-state index is 12.6. The number of hydrogen-bond donors (Lipinski definition) is 2. The SMILES string of the molecule is NCC1CCNC1c1conc1C(F)(F)F. The fourth-order valence-corrected chi connectivity index (χ4v) is 2.06. The van der Waals surface area contributed by atoms with Crippen LogP contribution >= 0.6 is 0 Å². The zero-order valence-electron chi connectivity index (χ0n) is 8.42. The van der Waals surface area contributed by atoms with Crippen LogP contribution in [0.5, 0.6) is 0 Å². The topological polar surface area (TPSA) is 64.1 Å². The van der Waals surface area contributed by atoms with Gasteiger partial charge in [0, 0.05) is 11.6 Å². The summed E-state index contributed by atoms with van der Waals surface area (Å²) in [5.74, 6) is 0.000463. The minimum Gasteiger partial charge on any atom is -0.364 e. The molecule has 2 rings (SSSR count). The number of halogens is 3. The average molecular weight is 235 g/mol. The quantitative estimate of drug-likeness (QED) is 0.811. The van der Waals surface area contributed by atoms with Gasteiger partial charge in [0.1, 0.15) is 6.26 Å². The molecule has 1 aromatic rings. The molecule has 3 N–H and O–H groups in total. The molecule has 0 aromatic carbocycles. The van der Waals surface area contributed by atoms with Crippen molar-refractivity contribution < 1.29 is 17.7 Å². The van der Waals surface area contributed by atoms with Gasteiger partial charge < -0.3 is 15.6 Å². The minimum absolute atomic E-state index is 0.000463. The van der Waals surface area contributed by atoms with Gasteiger partial charge in [-0.05, 0) is 25.4 Å². The van der Waals surface area contributed by atoms with Gasteiger partial charge in [-0.3, -0.25) is 0 Å². The third-order valence-corrected chi connectivity index (χ3v) is 2.85. The van der Waals surface area contributed by atoms with Crippen LogP contribution in [-0.4, -0.2) is 18.2 Å². The molecule has 7 heteroatoms. The first-order valence-electron chi connectivity index (χ1n) is 4.99. The second kappa shape index (κ2) is 4.06. The van der Waals surface area contributed by atoms with E-state index < -0.39 is 17.9 Å². The van der Waals surface area contributed by atoms with Crippen LogP contribution in [0.25, 0.3) is 0 Å². The Balaban J connectivity index is 2.30. The number of alkyl halides is 3. The van der Waals surface area contributed by atoms with Crippen LogP contribution in [-0.2, 0) is 6.18 Å². The Morgan fingerprint density at radius 3 is 2.94 bits per heavy atom. The largest absolute Gasteiger partial charge is 0.437 e. The molecule has 0 spiro atoms. The summed E-state index contributed by atoms with van der Waals surface area (Å²) >= 11 is 0. The zero-order chi connectivity index (χ0) is 11.8. The Morgan fingerprint density at radius 1 is 1.56 bits per heavy atom. The first-order valence-corrected chi connectivity index (χ1v) is 4.99. The molecule has 2 unspecified atom stereocenters. The van der Waals surface area contributed by atoms with Gasteiger partial charge in [0.15, 0.2) is 5.69 Å². The number of rotatable bonds is 2. The van der Waals surface area contributed by atoms with E-state index in [1.165, 1.54) is 0 Å². The predicted octanol–water partition coefficient (Wildman–Crippen LogP) is 1.30. The van der Waals surface area contributed by atoms with Gasteiger partial charge >= 0.3 is 6.18 Å². The highest BCUT2D eigenvalue weighted by Gasteiger charge is 2.41. The van der Waals surface area contributed by atoms with E-state index in [-0.39, 0.29) is 11.5 Å². The maximum Gasteiger partial charge on any atom is 0.437 e. The van der Waals surface area contributed by atoms with E-state index in [2.05, 4.69) is 15.0 Å². The lowest BCUT2D eigenvalue weighted by molar-refractivity contribution is -0.143. The molecular formula is C9H12F3N3O. The van der Waals surface area contributed by atoms with Gasteiger partial charge in [0.05, 0.1) is 0 Å². The van der Waals surface area contributed by atoms with E-state index in [1.54, 1.807) is 0 Å². The summed E-state index contributed by atoms with van der Waals surface area (Å²) in [6.07, 6.45) is -2.66. The molecule has 0 saturated carbocycles. The van der Waals surface area contributed by atoms with Crippen molar-refractivity contribution in [1.82, 2.24) is 10.5 Å². The lowest BCUT2D eigenvalue weighted by Gasteiger charge is -2.17. The summed E-state index contributed by atoms with van der Waals surface area (Å²) in [5, 5.41) is 6.01. The fourth-order valence-electron chi connectivity index (χ4n) is 2.06. The number of nitrogens with two attached hydrogens (primary N) is 1. The monoisotopic (exact) mass is 235 g/mol. The van der Waals surface area contributed by atoms with Crippen molar-refractivity contribution >= 4 is 0 Å². The van der Waals surface area contributed by atoms with Crippen molar-refractivity contribution in [2.45, 2.75) is 18.6 Å². The number of aromatic nitrogens is 1. The number of nitrogens with zero attached hydrogens (tertiary/aromatic N) is 1. The smallest absolute Gasteiger partial charge is 0.364 e. The molecule has 2 atom stereocenters. The molecule has 1 aliphatic rings. The standard InChI is InChI=1S/C9H12F3N3O/c10-9(11,12)8-6(4-16-15-8)7-5(3-13)1-2-14-7/h4-5,7,14H,1-3,13H2. The molecule has 4 nitrogen and oxygen atoms in total. The molecule has 2 heterocycles. The van der Waals surface area contributed by atoms with Gasteiger partial charge in [0.25, 0.3) is 0 Å². The van der Waals surface area contributed by atoms with E-state index in [1.807, 2.05) is 0 Å². The van der Waals surface area contributed by atoms with E-state index in [9.17, 15) is 13.2 Å². The Kier molecular flexibility index (Phi) is 2.90. The van der Waals surface area contributed by atoms with Gasteiger partial charge in [-0.25, -0.2) is 0 Å². The summed E-state index contributed by atoms with van der Waals surface area (Å²) in [6.45, 7) is 1.01. The molecule has 0 bridgehead atoms. The number of hydrogen-bond acceptors (Lipinski definition) is 4. The van der Waals surface area contributed by atoms with Crippen LogP contribution in [0.2, 0.25) is 0 Å². The summed E-state index contributed by atoms with van der Waals surface area (Å²) in [5.41, 5.74) is 4.62. The average Bonchev–Trinajstić information content (AvgIpc) is 2.84. The first kappa shape index (κ1) is 11.4. The van der Waals surface area contributed by atoms with Crippen LogP contribution in [0.1, 0.15) is 23.7 Å². The summed E-state index contributed by atoms with van der Waals surface area (Å²) in [6, 6.07) is -0.409. The van der Waals surface area contributed by atoms with Gasteiger partial charge in [-0.1, -0.05) is 5.16 Å². The molecular weight excluding hydrogens is 223 g/mol. The van der Waals surface area contributed by atoms with E-state index >= 15 is 0 Å². The van der Waals surface area contributed by atoms with Crippen molar-refractivity contribution in [3.05, 3.63) is 17.5 Å². The fraction of sp³-hybridized carbons (Fsp3) is 0.667. The molecule has 90 valence electrons. The third kappa shape index (κ3) is 1.92. The van der Waals surface area contributed by atoms with E-state index in [0.29, 0.717) is 13.1 Å². The Morgan fingerprint density at radius 2 is 2.31 bits per heavy atom. The summed E-state index contributed by atoms with van der Waals surface area (Å²) in [7, 11) is 0. The van der Waals surface area contributed by atoms with E-state index in [0.717, 1.165) is 12.7 Å². The second-order valence-corrected chi connectivity index (χ2v) is 3.83. The lowest BCUT2D eigenvalue weighted by atomic mass is 9.94. The maximum atomic E-state index is 12.6.